The average Bonchev–Trinajstić information content (AvgIpc) is 2.57. The summed E-state index contributed by atoms with van der Waals surface area (Å²) in [5.41, 5.74) is -0.654. The molecule has 0 aliphatic rings. The summed E-state index contributed by atoms with van der Waals surface area (Å²) < 4.78 is 28.3. The summed E-state index contributed by atoms with van der Waals surface area (Å²) in [4.78, 5) is 15.2. The molecule has 102 valence electrons. The van der Waals surface area contributed by atoms with E-state index in [0.717, 1.165) is 6.07 Å². The normalized spacial score (nSPS) is 12.1. The molecule has 19 heavy (non-hydrogen) atoms. The Kier molecular flexibility index (Phi) is 3.04. The lowest BCUT2D eigenvalue weighted by atomic mass is 9.89. The maximum atomic E-state index is 13.6. The highest BCUT2D eigenvalue weighted by Crippen LogP contribution is 2.25. The van der Waals surface area contributed by atoms with Crippen LogP contribution in [0.25, 0.3) is 11.0 Å². The van der Waals surface area contributed by atoms with E-state index in [1.807, 2.05) is 0 Å². The molecule has 0 fully saturated rings. The zero-order chi connectivity index (χ0) is 14.4. The minimum absolute atomic E-state index is 0.0556. The summed E-state index contributed by atoms with van der Waals surface area (Å²) >= 11 is 0. The summed E-state index contributed by atoms with van der Waals surface area (Å²) in [6.07, 6.45) is 0.134. The van der Waals surface area contributed by atoms with Crippen molar-refractivity contribution in [1.29, 1.82) is 0 Å². The lowest BCUT2D eigenvalue weighted by Crippen LogP contribution is -2.27. The van der Waals surface area contributed by atoms with Gasteiger partial charge in [-0.3, -0.25) is 4.79 Å². The van der Waals surface area contributed by atoms with Crippen LogP contribution in [0.15, 0.2) is 12.1 Å². The van der Waals surface area contributed by atoms with Gasteiger partial charge in [0.25, 0.3) is 0 Å². The van der Waals surface area contributed by atoms with Crippen LogP contribution in [0.1, 0.15) is 19.7 Å². The zero-order valence-electron chi connectivity index (χ0n) is 10.9. The second kappa shape index (κ2) is 4.29. The summed E-state index contributed by atoms with van der Waals surface area (Å²) in [5, 5.41) is 9.10. The fourth-order valence-electron chi connectivity index (χ4n) is 1.89. The second-order valence-electron chi connectivity index (χ2n) is 5.21. The molecular weight excluding hydrogens is 254 g/mol. The number of nitrogens with zero attached hydrogens (tertiary/aromatic N) is 2. The molecule has 0 saturated carbocycles. The Hall–Kier alpha value is -1.98. The van der Waals surface area contributed by atoms with E-state index < -0.39 is 23.0 Å². The van der Waals surface area contributed by atoms with Gasteiger partial charge in [0.15, 0.2) is 5.82 Å². The Bertz CT molecular complexity index is 662. The lowest BCUT2D eigenvalue weighted by molar-refractivity contribution is -0.146. The van der Waals surface area contributed by atoms with Crippen molar-refractivity contribution < 1.29 is 18.7 Å². The maximum Gasteiger partial charge on any atom is 0.309 e. The second-order valence-corrected chi connectivity index (χ2v) is 5.21. The molecule has 0 atom stereocenters. The van der Waals surface area contributed by atoms with Crippen LogP contribution in [-0.4, -0.2) is 20.6 Å². The van der Waals surface area contributed by atoms with Crippen molar-refractivity contribution in [2.24, 2.45) is 12.5 Å². The number of hydrogen-bond acceptors (Lipinski definition) is 2. The number of fused-ring (bicyclic) bond motifs is 1. The number of halogens is 2. The van der Waals surface area contributed by atoms with Crippen LogP contribution in [-0.2, 0) is 18.3 Å². The van der Waals surface area contributed by atoms with Crippen LogP contribution in [0.5, 0.6) is 0 Å². The van der Waals surface area contributed by atoms with E-state index >= 15 is 0 Å². The highest BCUT2D eigenvalue weighted by molar-refractivity contribution is 5.77. The summed E-state index contributed by atoms with van der Waals surface area (Å²) in [6, 6.07) is 1.95. The molecule has 0 aliphatic heterocycles. The number of rotatable bonds is 3. The highest BCUT2D eigenvalue weighted by atomic mass is 19.1. The van der Waals surface area contributed by atoms with Gasteiger partial charge >= 0.3 is 5.97 Å². The number of aryl methyl sites for hydroxylation is 1. The topological polar surface area (TPSA) is 55.1 Å². The number of imidazole rings is 1. The van der Waals surface area contributed by atoms with Crippen molar-refractivity contribution in [2.45, 2.75) is 20.3 Å². The first-order chi connectivity index (χ1) is 8.72. The van der Waals surface area contributed by atoms with Crippen LogP contribution in [0.4, 0.5) is 8.78 Å². The summed E-state index contributed by atoms with van der Waals surface area (Å²) in [6.45, 7) is 3.12. The van der Waals surface area contributed by atoms with Gasteiger partial charge in [-0.25, -0.2) is 13.8 Å². The average molecular weight is 268 g/mol. The Morgan fingerprint density at radius 3 is 2.63 bits per heavy atom. The van der Waals surface area contributed by atoms with E-state index in [1.165, 1.54) is 10.6 Å². The Morgan fingerprint density at radius 2 is 2.05 bits per heavy atom. The van der Waals surface area contributed by atoms with Crippen molar-refractivity contribution in [3.63, 3.8) is 0 Å². The Morgan fingerprint density at radius 1 is 1.42 bits per heavy atom. The number of carbonyl (C=O) groups is 1. The molecule has 0 radical (unpaired) electrons. The van der Waals surface area contributed by atoms with Gasteiger partial charge in [-0.2, -0.15) is 0 Å². The quantitative estimate of drug-likeness (QED) is 0.930. The van der Waals surface area contributed by atoms with E-state index in [1.54, 1.807) is 20.9 Å². The maximum absolute atomic E-state index is 13.6. The first-order valence-corrected chi connectivity index (χ1v) is 5.76. The van der Waals surface area contributed by atoms with Gasteiger partial charge in [0.2, 0.25) is 0 Å². The number of carboxylic acids is 1. The van der Waals surface area contributed by atoms with Crippen LogP contribution in [0.3, 0.4) is 0 Å². The monoisotopic (exact) mass is 268 g/mol. The molecule has 2 rings (SSSR count). The molecule has 0 unspecified atom stereocenters. The molecule has 6 heteroatoms. The molecule has 1 aromatic heterocycles. The molecule has 0 saturated heterocycles. The molecule has 1 aromatic carbocycles. The SMILES string of the molecule is Cn1c(CC(C)(C)C(=O)O)nc2c(F)cc(F)cc21. The summed E-state index contributed by atoms with van der Waals surface area (Å²) in [5.74, 6) is -1.99. The van der Waals surface area contributed by atoms with Crippen molar-refractivity contribution in [2.75, 3.05) is 0 Å². The summed E-state index contributed by atoms with van der Waals surface area (Å²) in [7, 11) is 1.61. The minimum atomic E-state index is -1.02. The van der Waals surface area contributed by atoms with Crippen molar-refractivity contribution in [3.05, 3.63) is 29.6 Å². The first-order valence-electron chi connectivity index (χ1n) is 5.76. The fraction of sp³-hybridized carbons (Fsp3) is 0.385. The molecular formula is C13H14F2N2O2. The molecule has 1 heterocycles. The number of benzene rings is 1. The highest BCUT2D eigenvalue weighted by Gasteiger charge is 2.30. The van der Waals surface area contributed by atoms with E-state index in [9.17, 15) is 13.6 Å². The fourth-order valence-corrected chi connectivity index (χ4v) is 1.89. The van der Waals surface area contributed by atoms with Crippen LogP contribution in [0, 0.1) is 17.0 Å². The Balaban J connectivity index is 2.55. The van der Waals surface area contributed by atoms with Crippen LogP contribution >= 0.6 is 0 Å². The lowest BCUT2D eigenvalue weighted by Gasteiger charge is -2.18. The number of hydrogen-bond donors (Lipinski definition) is 1. The van der Waals surface area contributed by atoms with Gasteiger partial charge < -0.3 is 9.67 Å². The van der Waals surface area contributed by atoms with Gasteiger partial charge in [-0.1, -0.05) is 0 Å². The third kappa shape index (κ3) is 2.30. The van der Waals surface area contributed by atoms with Crippen molar-refractivity contribution >= 4 is 17.0 Å². The molecule has 4 nitrogen and oxygen atoms in total. The smallest absolute Gasteiger partial charge is 0.309 e. The van der Waals surface area contributed by atoms with Gasteiger partial charge in [0.05, 0.1) is 10.9 Å². The molecule has 0 amide bonds. The largest absolute Gasteiger partial charge is 0.481 e. The van der Waals surface area contributed by atoms with Gasteiger partial charge in [-0.15, -0.1) is 0 Å². The van der Waals surface area contributed by atoms with E-state index in [2.05, 4.69) is 4.98 Å². The van der Waals surface area contributed by atoms with Gasteiger partial charge in [-0.05, 0) is 19.9 Å². The number of aromatic nitrogens is 2. The van der Waals surface area contributed by atoms with Crippen molar-refractivity contribution in [1.82, 2.24) is 9.55 Å². The third-order valence-electron chi connectivity index (χ3n) is 3.18. The first kappa shape index (κ1) is 13.5. The number of aliphatic carboxylic acids is 1. The van der Waals surface area contributed by atoms with Gasteiger partial charge in [0.1, 0.15) is 17.2 Å². The molecule has 0 spiro atoms. The van der Waals surface area contributed by atoms with Crippen LogP contribution in [0.2, 0.25) is 0 Å². The molecule has 2 aromatic rings. The third-order valence-corrected chi connectivity index (χ3v) is 3.18. The van der Waals surface area contributed by atoms with E-state index in [0.29, 0.717) is 11.3 Å². The zero-order valence-corrected chi connectivity index (χ0v) is 10.9. The standard InChI is InChI=1S/C13H14F2N2O2/c1-13(2,12(18)19)6-10-16-11-8(15)4-7(14)5-9(11)17(10)3/h4-5H,6H2,1-3H3,(H,18,19). The van der Waals surface area contributed by atoms with Crippen LogP contribution < -0.4 is 0 Å². The van der Waals surface area contributed by atoms with E-state index in [4.69, 9.17) is 5.11 Å². The Labute approximate surface area is 108 Å². The predicted molar refractivity (Wildman–Crippen MR) is 65.8 cm³/mol. The van der Waals surface area contributed by atoms with Gasteiger partial charge in [0, 0.05) is 19.5 Å². The molecule has 1 N–H and O–H groups in total. The molecule has 0 bridgehead atoms. The van der Waals surface area contributed by atoms with E-state index in [-0.39, 0.29) is 11.9 Å². The predicted octanol–water partition coefficient (Wildman–Crippen LogP) is 2.50. The molecule has 0 aliphatic carbocycles. The number of carboxylic acid groups (broad SMARTS) is 1. The van der Waals surface area contributed by atoms with Crippen molar-refractivity contribution in [3.8, 4) is 0 Å². The minimum Gasteiger partial charge on any atom is -0.481 e.